The summed E-state index contributed by atoms with van der Waals surface area (Å²) < 4.78 is 0. The molecule has 2 aromatic heterocycles. The molecule has 2 heterocycles. The number of carbonyl (C=O) groups excluding carboxylic acids is 1. The maximum Gasteiger partial charge on any atom is 0.252 e. The van der Waals surface area contributed by atoms with Crippen molar-refractivity contribution in [2.75, 3.05) is 18.4 Å². The number of thiazole rings is 1. The molecule has 0 radical (unpaired) electrons. The van der Waals surface area contributed by atoms with E-state index in [0.717, 1.165) is 16.3 Å². The van der Waals surface area contributed by atoms with Crippen molar-refractivity contribution in [1.82, 2.24) is 15.3 Å². The average Bonchev–Trinajstić information content (AvgIpc) is 3.23. The number of anilines is 1. The van der Waals surface area contributed by atoms with Gasteiger partial charge in [-0.05, 0) is 24.3 Å². The quantitative estimate of drug-likeness (QED) is 0.448. The van der Waals surface area contributed by atoms with E-state index < -0.39 is 0 Å². The molecular weight excluding hydrogens is 378 g/mol. The van der Waals surface area contributed by atoms with Gasteiger partial charge >= 0.3 is 0 Å². The highest BCUT2D eigenvalue weighted by atomic mass is 32.2. The Hall–Kier alpha value is -2.89. The third kappa shape index (κ3) is 5.29. The molecule has 8 heteroatoms. The molecule has 0 saturated carbocycles. The van der Waals surface area contributed by atoms with Gasteiger partial charge in [0.15, 0.2) is 0 Å². The number of nitrogens with zero attached hydrogens (tertiary/aromatic N) is 3. The predicted octanol–water partition coefficient (Wildman–Crippen LogP) is 3.54. The minimum absolute atomic E-state index is 0.125. The van der Waals surface area contributed by atoms with Gasteiger partial charge in [-0.1, -0.05) is 12.1 Å². The van der Waals surface area contributed by atoms with Crippen molar-refractivity contribution in [2.24, 2.45) is 0 Å². The number of pyridine rings is 1. The van der Waals surface area contributed by atoms with Crippen LogP contribution in [0, 0.1) is 11.3 Å². The molecule has 0 atom stereocenters. The number of hydrogen-bond donors (Lipinski definition) is 2. The molecule has 27 heavy (non-hydrogen) atoms. The molecule has 0 aliphatic carbocycles. The van der Waals surface area contributed by atoms with Gasteiger partial charge in [-0.25, -0.2) is 9.97 Å². The zero-order valence-corrected chi connectivity index (χ0v) is 16.0. The second-order valence-electron chi connectivity index (χ2n) is 5.46. The van der Waals surface area contributed by atoms with Gasteiger partial charge in [0, 0.05) is 35.3 Å². The summed E-state index contributed by atoms with van der Waals surface area (Å²) in [7, 11) is 0. The summed E-state index contributed by atoms with van der Waals surface area (Å²) in [6.45, 7) is 0.900. The van der Waals surface area contributed by atoms with Crippen LogP contribution in [0.5, 0.6) is 0 Å². The number of nitrogens with one attached hydrogen (secondary N) is 2. The molecule has 1 aromatic carbocycles. The van der Waals surface area contributed by atoms with Crippen LogP contribution in [0.25, 0.3) is 0 Å². The van der Waals surface area contributed by atoms with Crippen molar-refractivity contribution in [3.05, 3.63) is 70.3 Å². The van der Waals surface area contributed by atoms with Gasteiger partial charge in [0.25, 0.3) is 5.91 Å². The van der Waals surface area contributed by atoms with Crippen molar-refractivity contribution in [1.29, 1.82) is 5.26 Å². The number of thioether (sulfide) groups is 1. The van der Waals surface area contributed by atoms with E-state index in [0.29, 0.717) is 30.0 Å². The fourth-order valence-electron chi connectivity index (χ4n) is 2.33. The first kappa shape index (κ1) is 18.9. The van der Waals surface area contributed by atoms with E-state index in [1.54, 1.807) is 46.9 Å². The summed E-state index contributed by atoms with van der Waals surface area (Å²) in [5, 5.41) is 17.0. The third-order valence-electron chi connectivity index (χ3n) is 3.62. The molecule has 3 aromatic rings. The van der Waals surface area contributed by atoms with Crippen molar-refractivity contribution >= 4 is 34.8 Å². The summed E-state index contributed by atoms with van der Waals surface area (Å²) in [6, 6.07) is 13.0. The third-order valence-corrected chi connectivity index (χ3v) is 5.36. The largest absolute Gasteiger partial charge is 0.367 e. The molecule has 0 aliphatic rings. The number of hydrogen-bond acceptors (Lipinski definition) is 7. The summed E-state index contributed by atoms with van der Waals surface area (Å²) >= 11 is 3.16. The Morgan fingerprint density at radius 3 is 2.89 bits per heavy atom. The van der Waals surface area contributed by atoms with Crippen LogP contribution in [0.15, 0.2) is 58.4 Å². The van der Waals surface area contributed by atoms with E-state index >= 15 is 0 Å². The number of amides is 1. The van der Waals surface area contributed by atoms with Crippen molar-refractivity contribution in [3.8, 4) is 6.07 Å². The fraction of sp³-hybridized carbons (Fsp3) is 0.158. The van der Waals surface area contributed by atoms with Gasteiger partial charge in [0.1, 0.15) is 11.9 Å². The lowest BCUT2D eigenvalue weighted by Crippen LogP contribution is -2.29. The second kappa shape index (κ2) is 9.71. The topological polar surface area (TPSA) is 90.7 Å². The fourth-order valence-corrected chi connectivity index (χ4v) is 3.95. The number of carbonyl (C=O) groups is 1. The molecule has 0 aliphatic heterocycles. The normalized spacial score (nSPS) is 10.2. The highest BCUT2D eigenvalue weighted by molar-refractivity contribution is 7.98. The molecule has 0 fully saturated rings. The monoisotopic (exact) mass is 395 g/mol. The lowest BCUT2D eigenvalue weighted by atomic mass is 10.2. The van der Waals surface area contributed by atoms with E-state index in [-0.39, 0.29) is 5.91 Å². The Morgan fingerprint density at radius 2 is 2.07 bits per heavy atom. The van der Waals surface area contributed by atoms with E-state index in [1.807, 2.05) is 29.6 Å². The molecule has 0 bridgehead atoms. The van der Waals surface area contributed by atoms with Gasteiger partial charge in [-0.3, -0.25) is 4.79 Å². The highest BCUT2D eigenvalue weighted by Gasteiger charge is 2.11. The second-order valence-corrected chi connectivity index (χ2v) is 7.19. The van der Waals surface area contributed by atoms with Crippen LogP contribution < -0.4 is 10.6 Å². The molecule has 2 N–H and O–H groups in total. The number of rotatable bonds is 8. The maximum atomic E-state index is 12.5. The van der Waals surface area contributed by atoms with Crippen LogP contribution in [0.3, 0.4) is 0 Å². The van der Waals surface area contributed by atoms with E-state index in [2.05, 4.69) is 26.7 Å². The van der Waals surface area contributed by atoms with Crippen LogP contribution in [-0.2, 0) is 5.75 Å². The molecule has 6 nitrogen and oxygen atoms in total. The summed E-state index contributed by atoms with van der Waals surface area (Å²) in [6.07, 6.45) is 1.62. The van der Waals surface area contributed by atoms with Gasteiger partial charge < -0.3 is 10.6 Å². The molecule has 136 valence electrons. The molecule has 0 unspecified atom stereocenters. The Kier molecular flexibility index (Phi) is 6.79. The summed E-state index contributed by atoms with van der Waals surface area (Å²) in [4.78, 5) is 21.9. The molecular formula is C19H17N5OS2. The number of aromatic nitrogens is 2. The molecule has 3 rings (SSSR count). The van der Waals surface area contributed by atoms with Crippen LogP contribution in [0.1, 0.15) is 21.6 Å². The van der Waals surface area contributed by atoms with Gasteiger partial charge in [0.05, 0.1) is 22.3 Å². The number of nitriles is 1. The Balaban J connectivity index is 1.53. The molecule has 0 saturated heterocycles. The van der Waals surface area contributed by atoms with Gasteiger partial charge in [-0.15, -0.1) is 23.1 Å². The van der Waals surface area contributed by atoms with E-state index in [9.17, 15) is 4.79 Å². The van der Waals surface area contributed by atoms with Crippen LogP contribution in [0.4, 0.5) is 5.82 Å². The van der Waals surface area contributed by atoms with Gasteiger partial charge in [-0.2, -0.15) is 5.26 Å². The zero-order chi connectivity index (χ0) is 18.9. The Morgan fingerprint density at radius 1 is 1.19 bits per heavy atom. The lowest BCUT2D eigenvalue weighted by Gasteiger charge is -2.11. The standard InChI is InChI=1S/C19H17N5OS2/c20-10-14-4-3-7-21-18(14)22-8-9-23-19(25)16-5-1-2-6-17(16)27-12-15-11-26-13-24-15/h1-7,11,13H,8-9,12H2,(H,21,22)(H,23,25). The van der Waals surface area contributed by atoms with Gasteiger partial charge in [0.2, 0.25) is 0 Å². The average molecular weight is 396 g/mol. The van der Waals surface area contributed by atoms with Crippen LogP contribution >= 0.6 is 23.1 Å². The highest BCUT2D eigenvalue weighted by Crippen LogP contribution is 2.26. The minimum Gasteiger partial charge on any atom is -0.367 e. The van der Waals surface area contributed by atoms with E-state index in [1.165, 1.54) is 0 Å². The van der Waals surface area contributed by atoms with Crippen molar-refractivity contribution < 1.29 is 4.79 Å². The predicted molar refractivity (Wildman–Crippen MR) is 108 cm³/mol. The first-order valence-corrected chi connectivity index (χ1v) is 10.2. The summed E-state index contributed by atoms with van der Waals surface area (Å²) in [5.41, 5.74) is 3.94. The maximum absolute atomic E-state index is 12.5. The molecule has 0 spiro atoms. The first-order valence-electron chi connectivity index (χ1n) is 8.24. The molecule has 1 amide bonds. The zero-order valence-electron chi connectivity index (χ0n) is 14.4. The van der Waals surface area contributed by atoms with Crippen LogP contribution in [-0.4, -0.2) is 29.0 Å². The number of benzene rings is 1. The van der Waals surface area contributed by atoms with Crippen LogP contribution in [0.2, 0.25) is 0 Å². The Bertz CT molecular complexity index is 937. The first-order chi connectivity index (χ1) is 13.3. The SMILES string of the molecule is N#Cc1cccnc1NCCNC(=O)c1ccccc1SCc1cscn1. The summed E-state index contributed by atoms with van der Waals surface area (Å²) in [5.74, 6) is 1.12. The minimum atomic E-state index is -0.125. The Labute approximate surface area is 165 Å². The smallest absolute Gasteiger partial charge is 0.252 e. The lowest BCUT2D eigenvalue weighted by molar-refractivity contribution is 0.0952. The van der Waals surface area contributed by atoms with Crippen molar-refractivity contribution in [2.45, 2.75) is 10.6 Å². The van der Waals surface area contributed by atoms with E-state index in [4.69, 9.17) is 5.26 Å². The van der Waals surface area contributed by atoms with Crippen molar-refractivity contribution in [3.63, 3.8) is 0 Å².